The van der Waals surface area contributed by atoms with Crippen LogP contribution >= 0.6 is 0 Å². The lowest BCUT2D eigenvalue weighted by molar-refractivity contribution is -0.190. The number of fused-ring (bicyclic) bond motifs is 1. The average molecular weight is 378 g/mol. The lowest BCUT2D eigenvalue weighted by atomic mass is 9.78. The van der Waals surface area contributed by atoms with Crippen LogP contribution < -0.4 is 0 Å². The molecule has 1 atom stereocenters. The molecule has 144 valence electrons. The van der Waals surface area contributed by atoms with Gasteiger partial charge in [-0.3, -0.25) is 0 Å². The van der Waals surface area contributed by atoms with Crippen molar-refractivity contribution >= 4 is 11.8 Å². The molecule has 0 amide bonds. The molecule has 3 rings (SSSR count). The number of allylic oxidation sites excluding steroid dienone is 1. The van der Waals surface area contributed by atoms with Crippen LogP contribution in [0, 0.1) is 5.92 Å². The fraction of sp³-hybridized carbons (Fsp3) is 0.647. The Hall–Kier alpha value is -1.93. The summed E-state index contributed by atoms with van der Waals surface area (Å²) >= 11 is 0. The number of carboxylic acid groups (broad SMARTS) is 1. The number of aliphatic carboxylic acids is 1. The summed E-state index contributed by atoms with van der Waals surface area (Å²) in [5, 5.41) is 9.10. The lowest BCUT2D eigenvalue weighted by Gasteiger charge is -2.36. The number of aliphatic imine (C=N–C) groups is 1. The molecule has 1 unspecified atom stereocenters. The zero-order valence-electron chi connectivity index (χ0n) is 14.1. The molecule has 2 aliphatic heterocycles. The maximum atomic E-state index is 13.9. The van der Waals surface area contributed by atoms with Crippen LogP contribution in [0.15, 0.2) is 28.4 Å². The highest BCUT2D eigenvalue weighted by molar-refractivity contribution is 6.05. The van der Waals surface area contributed by atoms with Crippen molar-refractivity contribution in [2.75, 3.05) is 6.54 Å². The number of carbonyl (C=O) groups is 1. The van der Waals surface area contributed by atoms with Gasteiger partial charge in [0.25, 0.3) is 0 Å². The quantitative estimate of drug-likeness (QED) is 0.751. The zero-order valence-corrected chi connectivity index (χ0v) is 14.1. The number of nitrogens with zero attached hydrogens (tertiary/aromatic N) is 2. The van der Waals surface area contributed by atoms with Crippen molar-refractivity contribution in [3.8, 4) is 0 Å². The van der Waals surface area contributed by atoms with Gasteiger partial charge in [0.2, 0.25) is 5.92 Å². The van der Waals surface area contributed by atoms with E-state index in [2.05, 4.69) is 4.99 Å². The van der Waals surface area contributed by atoms with Gasteiger partial charge in [-0.1, -0.05) is 0 Å². The summed E-state index contributed by atoms with van der Waals surface area (Å²) in [6, 6.07) is 0. The van der Waals surface area contributed by atoms with Gasteiger partial charge in [-0.2, -0.15) is 13.2 Å². The third-order valence-corrected chi connectivity index (χ3v) is 5.34. The van der Waals surface area contributed by atoms with E-state index in [1.54, 1.807) is 0 Å². The molecular weight excluding hydrogens is 359 g/mol. The Kier molecular flexibility index (Phi) is 4.39. The summed E-state index contributed by atoms with van der Waals surface area (Å²) in [4.78, 5) is 16.4. The second-order valence-electron chi connectivity index (χ2n) is 7.28. The SMILES string of the molecule is CC1=CC(C(=O)O)=CC2=NC(CC3CCC(F)(F)CC3)(C(F)(F)F)CN12. The molecule has 0 spiro atoms. The maximum Gasteiger partial charge on any atom is 0.415 e. The van der Waals surface area contributed by atoms with Gasteiger partial charge in [0.05, 0.1) is 12.1 Å². The van der Waals surface area contributed by atoms with E-state index in [-0.39, 0.29) is 30.7 Å². The summed E-state index contributed by atoms with van der Waals surface area (Å²) in [6.45, 7) is 1.07. The first-order valence-electron chi connectivity index (χ1n) is 8.38. The molecule has 9 heteroatoms. The fourth-order valence-electron chi connectivity index (χ4n) is 3.84. The second kappa shape index (κ2) is 6.06. The third-order valence-electron chi connectivity index (χ3n) is 5.34. The molecule has 1 aliphatic carbocycles. The number of hydrogen-bond donors (Lipinski definition) is 1. The fourth-order valence-corrected chi connectivity index (χ4v) is 3.84. The van der Waals surface area contributed by atoms with E-state index in [0.29, 0.717) is 5.70 Å². The van der Waals surface area contributed by atoms with Gasteiger partial charge in [0.1, 0.15) is 5.84 Å². The Balaban J connectivity index is 1.89. The Morgan fingerprint density at radius 1 is 1.31 bits per heavy atom. The Labute approximate surface area is 147 Å². The molecule has 0 radical (unpaired) electrons. The predicted molar refractivity (Wildman–Crippen MR) is 83.9 cm³/mol. The third kappa shape index (κ3) is 3.35. The molecule has 26 heavy (non-hydrogen) atoms. The minimum atomic E-state index is -4.66. The molecule has 2 heterocycles. The summed E-state index contributed by atoms with van der Waals surface area (Å²) in [6.07, 6.45) is -3.36. The monoisotopic (exact) mass is 378 g/mol. The second-order valence-corrected chi connectivity index (χ2v) is 7.28. The number of alkyl halides is 5. The van der Waals surface area contributed by atoms with Crippen LogP contribution in [0.1, 0.15) is 39.0 Å². The zero-order chi connectivity index (χ0) is 19.3. The van der Waals surface area contributed by atoms with E-state index >= 15 is 0 Å². The summed E-state index contributed by atoms with van der Waals surface area (Å²) in [5.41, 5.74) is -2.17. The molecule has 4 nitrogen and oxygen atoms in total. The standard InChI is InChI=1S/C17H19F5N2O2/c1-10-6-12(14(25)26)7-13-23-15(9-24(10)13,17(20,21)22)8-11-2-4-16(18,19)5-3-11/h6-7,11H,2-5,8-9H2,1H3,(H,25,26). The molecule has 0 aromatic carbocycles. The van der Waals surface area contributed by atoms with Crippen LogP contribution in [0.3, 0.4) is 0 Å². The molecule has 0 aromatic heterocycles. The van der Waals surface area contributed by atoms with Crippen LogP contribution in [-0.2, 0) is 4.79 Å². The van der Waals surface area contributed by atoms with Crippen molar-refractivity contribution in [3.05, 3.63) is 23.4 Å². The van der Waals surface area contributed by atoms with Crippen LogP contribution in [0.2, 0.25) is 0 Å². The van der Waals surface area contributed by atoms with E-state index in [1.807, 2.05) is 0 Å². The number of amidine groups is 1. The highest BCUT2D eigenvalue weighted by Gasteiger charge is 2.60. The van der Waals surface area contributed by atoms with Crippen molar-refractivity contribution in [2.45, 2.75) is 56.7 Å². The topological polar surface area (TPSA) is 52.9 Å². The lowest BCUT2D eigenvalue weighted by Crippen LogP contribution is -2.49. The Bertz CT molecular complexity index is 700. The Morgan fingerprint density at radius 2 is 1.92 bits per heavy atom. The van der Waals surface area contributed by atoms with Crippen LogP contribution in [-0.4, -0.2) is 46.0 Å². The molecule has 0 saturated heterocycles. The highest BCUT2D eigenvalue weighted by Crippen LogP contribution is 2.48. The van der Waals surface area contributed by atoms with E-state index in [4.69, 9.17) is 5.11 Å². The van der Waals surface area contributed by atoms with Gasteiger partial charge in [-0.15, -0.1) is 0 Å². The van der Waals surface area contributed by atoms with Crippen LogP contribution in [0.25, 0.3) is 0 Å². The number of carboxylic acids is 1. The van der Waals surface area contributed by atoms with Crippen LogP contribution in [0.5, 0.6) is 0 Å². The molecule has 1 saturated carbocycles. The van der Waals surface area contributed by atoms with Gasteiger partial charge in [0, 0.05) is 18.5 Å². The Morgan fingerprint density at radius 3 is 2.46 bits per heavy atom. The minimum absolute atomic E-state index is 0.0285. The van der Waals surface area contributed by atoms with Gasteiger partial charge in [-0.25, -0.2) is 18.6 Å². The molecular formula is C17H19F5N2O2. The predicted octanol–water partition coefficient (Wildman–Crippen LogP) is 4.15. The minimum Gasteiger partial charge on any atom is -0.478 e. The van der Waals surface area contributed by atoms with E-state index in [1.165, 1.54) is 17.9 Å². The number of halogens is 5. The summed E-state index contributed by atoms with van der Waals surface area (Å²) in [7, 11) is 0. The van der Waals surface area contributed by atoms with Gasteiger partial charge >= 0.3 is 12.1 Å². The smallest absolute Gasteiger partial charge is 0.415 e. The molecule has 1 fully saturated rings. The average Bonchev–Trinajstić information content (AvgIpc) is 2.89. The van der Waals surface area contributed by atoms with Crippen molar-refractivity contribution in [2.24, 2.45) is 10.9 Å². The van der Waals surface area contributed by atoms with Gasteiger partial charge in [-0.05, 0) is 44.3 Å². The molecule has 1 N–H and O–H groups in total. The number of rotatable bonds is 3. The van der Waals surface area contributed by atoms with Crippen LogP contribution in [0.4, 0.5) is 22.0 Å². The normalized spacial score (nSPS) is 29.0. The molecule has 3 aliphatic rings. The van der Waals surface area contributed by atoms with E-state index in [0.717, 1.165) is 6.08 Å². The van der Waals surface area contributed by atoms with E-state index < -0.39 is 48.9 Å². The van der Waals surface area contributed by atoms with Crippen molar-refractivity contribution in [3.63, 3.8) is 0 Å². The maximum absolute atomic E-state index is 13.9. The summed E-state index contributed by atoms with van der Waals surface area (Å²) < 4.78 is 68.3. The first-order valence-corrected chi connectivity index (χ1v) is 8.38. The number of hydrogen-bond acceptors (Lipinski definition) is 3. The van der Waals surface area contributed by atoms with Crippen molar-refractivity contribution in [1.82, 2.24) is 4.90 Å². The van der Waals surface area contributed by atoms with E-state index in [9.17, 15) is 26.7 Å². The van der Waals surface area contributed by atoms with Gasteiger partial charge in [0.15, 0.2) is 5.54 Å². The first-order chi connectivity index (χ1) is 11.9. The van der Waals surface area contributed by atoms with Crippen molar-refractivity contribution in [1.29, 1.82) is 0 Å². The molecule has 0 bridgehead atoms. The molecule has 0 aromatic rings. The van der Waals surface area contributed by atoms with Crippen molar-refractivity contribution < 1.29 is 31.9 Å². The van der Waals surface area contributed by atoms with Gasteiger partial charge < -0.3 is 10.0 Å². The first kappa shape index (κ1) is 18.8. The highest BCUT2D eigenvalue weighted by atomic mass is 19.4. The summed E-state index contributed by atoms with van der Waals surface area (Å²) in [5.74, 6) is -4.58. The largest absolute Gasteiger partial charge is 0.478 e.